The molecule has 0 heterocycles. The van der Waals surface area contributed by atoms with E-state index in [-0.39, 0.29) is 11.3 Å². The van der Waals surface area contributed by atoms with E-state index >= 15 is 0 Å². The van der Waals surface area contributed by atoms with Crippen molar-refractivity contribution in [2.45, 2.75) is 38.0 Å². The van der Waals surface area contributed by atoms with E-state index in [0.717, 1.165) is 21.9 Å². The molecule has 128 valence electrons. The number of anilines is 1. The van der Waals surface area contributed by atoms with Crippen molar-refractivity contribution in [2.24, 2.45) is 0 Å². The maximum atomic E-state index is 12.2. The van der Waals surface area contributed by atoms with Gasteiger partial charge in [0.1, 0.15) is 5.75 Å². The van der Waals surface area contributed by atoms with Gasteiger partial charge in [0, 0.05) is 10.6 Å². The third-order valence-corrected chi connectivity index (χ3v) is 4.81. The van der Waals surface area contributed by atoms with Crippen molar-refractivity contribution in [3.05, 3.63) is 53.6 Å². The number of aryl methyl sites for hydroxylation is 1. The second kappa shape index (κ2) is 7.75. The topological polar surface area (TPSA) is 38.3 Å². The van der Waals surface area contributed by atoms with Crippen LogP contribution in [0, 0.1) is 6.92 Å². The summed E-state index contributed by atoms with van der Waals surface area (Å²) in [6.07, 6.45) is 0. The predicted molar refractivity (Wildman–Crippen MR) is 102 cm³/mol. The molecule has 2 aromatic rings. The highest BCUT2D eigenvalue weighted by molar-refractivity contribution is 8.00. The Morgan fingerprint density at radius 1 is 1.12 bits per heavy atom. The van der Waals surface area contributed by atoms with Gasteiger partial charge in [0.15, 0.2) is 0 Å². The number of nitrogens with one attached hydrogen (secondary N) is 1. The summed E-state index contributed by atoms with van der Waals surface area (Å²) in [5.41, 5.74) is 3.25. The molecule has 0 aromatic heterocycles. The van der Waals surface area contributed by atoms with E-state index in [1.807, 2.05) is 25.1 Å². The molecule has 3 nitrogen and oxygen atoms in total. The van der Waals surface area contributed by atoms with Crippen LogP contribution < -0.4 is 10.1 Å². The summed E-state index contributed by atoms with van der Waals surface area (Å²) < 4.78 is 5.18. The van der Waals surface area contributed by atoms with E-state index in [1.54, 1.807) is 18.9 Å². The standard InChI is InChI=1S/C20H25NO2S/c1-14-12-16(23-5)8-11-18(14)21-19(22)13-24-17-9-6-15(7-10-17)20(2,3)4/h6-12H,13H2,1-5H3,(H,21,22). The van der Waals surface area contributed by atoms with Crippen molar-refractivity contribution in [1.82, 2.24) is 0 Å². The molecule has 2 rings (SSSR count). The fraction of sp³-hybridized carbons (Fsp3) is 0.350. The SMILES string of the molecule is COc1ccc(NC(=O)CSc2ccc(C(C)(C)C)cc2)c(C)c1. The predicted octanol–water partition coefficient (Wildman–Crippen LogP) is 5.03. The van der Waals surface area contributed by atoms with Crippen molar-refractivity contribution in [1.29, 1.82) is 0 Å². The number of thioether (sulfide) groups is 1. The first kappa shape index (κ1) is 18.4. The number of ether oxygens (including phenoxy) is 1. The van der Waals surface area contributed by atoms with Crippen LogP contribution in [0.3, 0.4) is 0 Å². The van der Waals surface area contributed by atoms with Gasteiger partial charge in [-0.2, -0.15) is 0 Å². The highest BCUT2D eigenvalue weighted by Crippen LogP contribution is 2.26. The lowest BCUT2D eigenvalue weighted by atomic mass is 9.87. The van der Waals surface area contributed by atoms with Gasteiger partial charge in [-0.1, -0.05) is 32.9 Å². The van der Waals surface area contributed by atoms with Crippen molar-refractivity contribution in [2.75, 3.05) is 18.2 Å². The number of carbonyl (C=O) groups is 1. The Labute approximate surface area is 148 Å². The Morgan fingerprint density at radius 3 is 2.33 bits per heavy atom. The summed E-state index contributed by atoms with van der Waals surface area (Å²) in [5.74, 6) is 1.17. The Balaban J connectivity index is 1.91. The van der Waals surface area contributed by atoms with Gasteiger partial charge in [-0.15, -0.1) is 11.8 Å². The molecule has 0 aliphatic rings. The van der Waals surface area contributed by atoms with E-state index in [0.29, 0.717) is 5.75 Å². The Bertz CT molecular complexity index is 703. The first-order valence-corrected chi connectivity index (χ1v) is 8.96. The number of rotatable bonds is 5. The molecule has 0 aliphatic carbocycles. The van der Waals surface area contributed by atoms with Crippen LogP contribution in [0.5, 0.6) is 5.75 Å². The van der Waals surface area contributed by atoms with E-state index in [9.17, 15) is 4.79 Å². The Hall–Kier alpha value is -1.94. The fourth-order valence-electron chi connectivity index (χ4n) is 2.29. The molecule has 24 heavy (non-hydrogen) atoms. The molecule has 0 fully saturated rings. The van der Waals surface area contributed by atoms with Crippen molar-refractivity contribution in [3.63, 3.8) is 0 Å². The smallest absolute Gasteiger partial charge is 0.234 e. The Kier molecular flexibility index (Phi) is 5.94. The zero-order chi connectivity index (χ0) is 17.7. The quantitative estimate of drug-likeness (QED) is 0.774. The number of methoxy groups -OCH3 is 1. The molecule has 0 radical (unpaired) electrons. The van der Waals surface area contributed by atoms with E-state index in [2.05, 4.69) is 50.4 Å². The summed E-state index contributed by atoms with van der Waals surface area (Å²) in [6.45, 7) is 8.54. The zero-order valence-corrected chi connectivity index (χ0v) is 15.8. The summed E-state index contributed by atoms with van der Waals surface area (Å²) >= 11 is 1.54. The van der Waals surface area contributed by atoms with Crippen LogP contribution in [0.25, 0.3) is 0 Å². The first-order chi connectivity index (χ1) is 11.3. The van der Waals surface area contributed by atoms with Crippen LogP contribution in [-0.2, 0) is 10.2 Å². The average Bonchev–Trinajstić information content (AvgIpc) is 2.54. The molecular weight excluding hydrogens is 318 g/mol. The number of amides is 1. The van der Waals surface area contributed by atoms with Gasteiger partial charge in [0.25, 0.3) is 0 Å². The minimum absolute atomic E-state index is 0.00633. The van der Waals surface area contributed by atoms with Gasteiger partial charge >= 0.3 is 0 Å². The zero-order valence-electron chi connectivity index (χ0n) is 15.0. The van der Waals surface area contributed by atoms with Crippen LogP contribution in [0.1, 0.15) is 31.9 Å². The van der Waals surface area contributed by atoms with Gasteiger partial charge in [-0.05, 0) is 53.8 Å². The number of carbonyl (C=O) groups excluding carboxylic acids is 1. The monoisotopic (exact) mass is 343 g/mol. The molecule has 0 aliphatic heterocycles. The normalized spacial score (nSPS) is 11.2. The summed E-state index contributed by atoms with van der Waals surface area (Å²) in [7, 11) is 1.63. The van der Waals surface area contributed by atoms with Crippen molar-refractivity contribution >= 4 is 23.4 Å². The molecule has 0 unspecified atom stereocenters. The summed E-state index contributed by atoms with van der Waals surface area (Å²) in [5, 5.41) is 2.95. The highest BCUT2D eigenvalue weighted by Gasteiger charge is 2.13. The minimum atomic E-state index is -0.00633. The minimum Gasteiger partial charge on any atom is -0.497 e. The van der Waals surface area contributed by atoms with E-state index < -0.39 is 0 Å². The Morgan fingerprint density at radius 2 is 1.79 bits per heavy atom. The molecule has 1 N–H and O–H groups in total. The van der Waals surface area contributed by atoms with Crippen LogP contribution in [-0.4, -0.2) is 18.8 Å². The molecule has 1 amide bonds. The van der Waals surface area contributed by atoms with Crippen LogP contribution in [0.2, 0.25) is 0 Å². The van der Waals surface area contributed by atoms with Gasteiger partial charge in [0.05, 0.1) is 12.9 Å². The lowest BCUT2D eigenvalue weighted by molar-refractivity contribution is -0.113. The molecule has 0 spiro atoms. The second-order valence-electron chi connectivity index (χ2n) is 6.79. The molecule has 4 heteroatoms. The van der Waals surface area contributed by atoms with Gasteiger partial charge in [-0.25, -0.2) is 0 Å². The lowest BCUT2D eigenvalue weighted by Gasteiger charge is -2.19. The molecule has 0 saturated heterocycles. The molecular formula is C20H25NO2S. The van der Waals surface area contributed by atoms with Crippen molar-refractivity contribution < 1.29 is 9.53 Å². The largest absolute Gasteiger partial charge is 0.497 e. The van der Waals surface area contributed by atoms with E-state index in [1.165, 1.54) is 5.56 Å². The first-order valence-electron chi connectivity index (χ1n) is 7.97. The van der Waals surface area contributed by atoms with Crippen LogP contribution in [0.15, 0.2) is 47.4 Å². The lowest BCUT2D eigenvalue weighted by Crippen LogP contribution is -2.15. The average molecular weight is 343 g/mol. The van der Waals surface area contributed by atoms with Gasteiger partial charge < -0.3 is 10.1 Å². The van der Waals surface area contributed by atoms with Crippen LogP contribution >= 0.6 is 11.8 Å². The maximum absolute atomic E-state index is 12.2. The van der Waals surface area contributed by atoms with E-state index in [4.69, 9.17) is 4.74 Å². The second-order valence-corrected chi connectivity index (χ2v) is 7.84. The fourth-order valence-corrected chi connectivity index (χ4v) is 2.99. The highest BCUT2D eigenvalue weighted by atomic mass is 32.2. The number of hydrogen-bond donors (Lipinski definition) is 1. The maximum Gasteiger partial charge on any atom is 0.234 e. The molecule has 2 aromatic carbocycles. The third kappa shape index (κ3) is 5.03. The summed E-state index contributed by atoms with van der Waals surface area (Å²) in [4.78, 5) is 13.3. The molecule has 0 saturated carbocycles. The summed E-state index contributed by atoms with van der Waals surface area (Å²) in [6, 6.07) is 14.1. The van der Waals surface area contributed by atoms with Gasteiger partial charge in [0.2, 0.25) is 5.91 Å². The molecule has 0 atom stereocenters. The van der Waals surface area contributed by atoms with Crippen LogP contribution in [0.4, 0.5) is 5.69 Å². The number of benzene rings is 2. The molecule has 0 bridgehead atoms. The third-order valence-electron chi connectivity index (χ3n) is 3.80. The number of hydrogen-bond acceptors (Lipinski definition) is 3. The van der Waals surface area contributed by atoms with Crippen molar-refractivity contribution in [3.8, 4) is 5.75 Å². The van der Waals surface area contributed by atoms with Gasteiger partial charge in [-0.3, -0.25) is 4.79 Å².